The summed E-state index contributed by atoms with van der Waals surface area (Å²) in [5, 5.41) is 0. The van der Waals surface area contributed by atoms with E-state index in [4.69, 9.17) is 4.74 Å². The maximum Gasteiger partial charge on any atom is 0.214 e. The van der Waals surface area contributed by atoms with Gasteiger partial charge in [0.15, 0.2) is 5.82 Å². The van der Waals surface area contributed by atoms with E-state index in [0.29, 0.717) is 13.2 Å². The molecular weight excluding hydrogens is 330 g/mol. The molecule has 0 amide bonds. The molecular formula is C15H23N5O3S. The molecule has 2 atom stereocenters. The van der Waals surface area contributed by atoms with Crippen molar-refractivity contribution in [1.29, 1.82) is 0 Å². The zero-order valence-electron chi connectivity index (χ0n) is 14.4. The lowest BCUT2D eigenvalue weighted by atomic mass is 10.1. The number of aromatic nitrogens is 4. The lowest BCUT2D eigenvalue weighted by Gasteiger charge is -2.22. The van der Waals surface area contributed by atoms with E-state index in [1.165, 1.54) is 4.31 Å². The minimum absolute atomic E-state index is 0.0622. The van der Waals surface area contributed by atoms with Gasteiger partial charge in [-0.15, -0.1) is 0 Å². The number of aryl methyl sites for hydroxylation is 1. The molecule has 0 saturated carbocycles. The van der Waals surface area contributed by atoms with Gasteiger partial charge in [0, 0.05) is 39.5 Å². The molecule has 3 heterocycles. The molecule has 132 valence electrons. The zero-order chi connectivity index (χ0) is 17.5. The van der Waals surface area contributed by atoms with Crippen LogP contribution in [0.1, 0.15) is 11.9 Å². The van der Waals surface area contributed by atoms with Crippen molar-refractivity contribution in [1.82, 2.24) is 23.4 Å². The Kier molecular flexibility index (Phi) is 4.50. The SMILES string of the molecule is Cc1ncc(-c2nccn2[C@@H]2COC[C@@H]2CS(=O)(=O)N(C)C)n1C. The number of hydrogen-bond acceptors (Lipinski definition) is 5. The molecule has 3 rings (SSSR count). The van der Waals surface area contributed by atoms with Crippen molar-refractivity contribution < 1.29 is 13.2 Å². The third-order valence-electron chi connectivity index (χ3n) is 4.62. The maximum absolute atomic E-state index is 12.2. The summed E-state index contributed by atoms with van der Waals surface area (Å²) >= 11 is 0. The summed E-state index contributed by atoms with van der Waals surface area (Å²) in [5.74, 6) is 1.63. The van der Waals surface area contributed by atoms with Crippen LogP contribution in [0.25, 0.3) is 11.5 Å². The van der Waals surface area contributed by atoms with Gasteiger partial charge >= 0.3 is 0 Å². The van der Waals surface area contributed by atoms with Crippen molar-refractivity contribution >= 4 is 10.0 Å². The first kappa shape index (κ1) is 17.1. The molecule has 24 heavy (non-hydrogen) atoms. The largest absolute Gasteiger partial charge is 0.379 e. The first-order valence-electron chi connectivity index (χ1n) is 7.80. The quantitative estimate of drug-likeness (QED) is 0.789. The van der Waals surface area contributed by atoms with E-state index in [2.05, 4.69) is 9.97 Å². The molecule has 1 aliphatic heterocycles. The van der Waals surface area contributed by atoms with E-state index < -0.39 is 10.0 Å². The minimum Gasteiger partial charge on any atom is -0.379 e. The zero-order valence-corrected chi connectivity index (χ0v) is 15.2. The smallest absolute Gasteiger partial charge is 0.214 e. The molecule has 0 aromatic carbocycles. The van der Waals surface area contributed by atoms with Gasteiger partial charge in [0.2, 0.25) is 10.0 Å². The van der Waals surface area contributed by atoms with Crippen molar-refractivity contribution in [2.45, 2.75) is 13.0 Å². The summed E-state index contributed by atoms with van der Waals surface area (Å²) in [4.78, 5) is 8.78. The monoisotopic (exact) mass is 353 g/mol. The molecule has 1 aliphatic rings. The molecule has 0 radical (unpaired) electrons. The molecule has 1 fully saturated rings. The second kappa shape index (κ2) is 6.30. The average molecular weight is 353 g/mol. The van der Waals surface area contributed by atoms with Gasteiger partial charge in [-0.3, -0.25) is 0 Å². The van der Waals surface area contributed by atoms with Gasteiger partial charge in [-0.25, -0.2) is 22.7 Å². The van der Waals surface area contributed by atoms with Gasteiger partial charge in [-0.05, 0) is 6.92 Å². The molecule has 2 aromatic heterocycles. The van der Waals surface area contributed by atoms with E-state index in [-0.39, 0.29) is 17.7 Å². The van der Waals surface area contributed by atoms with Gasteiger partial charge < -0.3 is 13.9 Å². The summed E-state index contributed by atoms with van der Waals surface area (Å²) in [7, 11) is 1.77. The van der Waals surface area contributed by atoms with Crippen LogP contribution in [0.2, 0.25) is 0 Å². The van der Waals surface area contributed by atoms with Gasteiger partial charge in [-0.1, -0.05) is 0 Å². The summed E-state index contributed by atoms with van der Waals surface area (Å²) in [6, 6.07) is -0.0626. The van der Waals surface area contributed by atoms with Crippen LogP contribution >= 0.6 is 0 Å². The molecule has 9 heteroatoms. The predicted molar refractivity (Wildman–Crippen MR) is 90.0 cm³/mol. The van der Waals surface area contributed by atoms with Crippen molar-refractivity contribution in [2.24, 2.45) is 13.0 Å². The Hall–Kier alpha value is -1.71. The second-order valence-corrected chi connectivity index (χ2v) is 8.56. The number of ether oxygens (including phenoxy) is 1. The van der Waals surface area contributed by atoms with E-state index in [1.807, 2.05) is 29.3 Å². The highest BCUT2D eigenvalue weighted by atomic mass is 32.2. The second-order valence-electron chi connectivity index (χ2n) is 6.33. The third kappa shape index (κ3) is 2.99. The summed E-state index contributed by atoms with van der Waals surface area (Å²) in [6.07, 6.45) is 5.40. The first-order valence-corrected chi connectivity index (χ1v) is 9.41. The molecule has 0 N–H and O–H groups in total. The Labute approximate surface area is 142 Å². The van der Waals surface area contributed by atoms with Crippen molar-refractivity contribution in [3.05, 3.63) is 24.4 Å². The lowest BCUT2D eigenvalue weighted by molar-refractivity contribution is 0.182. The Morgan fingerprint density at radius 2 is 2.08 bits per heavy atom. The van der Waals surface area contributed by atoms with Gasteiger partial charge in [0.25, 0.3) is 0 Å². The Morgan fingerprint density at radius 1 is 1.33 bits per heavy atom. The van der Waals surface area contributed by atoms with E-state index >= 15 is 0 Å². The van der Waals surface area contributed by atoms with Crippen LogP contribution in [0, 0.1) is 12.8 Å². The lowest BCUT2D eigenvalue weighted by Crippen LogP contribution is -2.32. The van der Waals surface area contributed by atoms with Crippen molar-refractivity contribution in [3.63, 3.8) is 0 Å². The summed E-state index contributed by atoms with van der Waals surface area (Å²) < 4.78 is 35.3. The van der Waals surface area contributed by atoms with E-state index in [0.717, 1.165) is 17.3 Å². The average Bonchev–Trinajstić information content (AvgIpc) is 3.20. The van der Waals surface area contributed by atoms with E-state index in [9.17, 15) is 8.42 Å². The van der Waals surface area contributed by atoms with Gasteiger partial charge in [0.05, 0.1) is 31.2 Å². The molecule has 8 nitrogen and oxygen atoms in total. The minimum atomic E-state index is -3.29. The number of hydrogen-bond donors (Lipinski definition) is 0. The predicted octanol–water partition coefficient (Wildman–Crippen LogP) is 0.671. The van der Waals surface area contributed by atoms with Crippen LogP contribution in [0.5, 0.6) is 0 Å². The summed E-state index contributed by atoms with van der Waals surface area (Å²) in [5.41, 5.74) is 0.901. The van der Waals surface area contributed by atoms with Crippen LogP contribution in [-0.4, -0.2) is 64.9 Å². The fourth-order valence-electron chi connectivity index (χ4n) is 2.96. The number of rotatable bonds is 5. The number of imidazole rings is 2. The first-order chi connectivity index (χ1) is 11.3. The Balaban J connectivity index is 1.92. The Bertz CT molecular complexity index is 824. The maximum atomic E-state index is 12.2. The van der Waals surface area contributed by atoms with Crippen molar-refractivity contribution in [2.75, 3.05) is 33.1 Å². The highest BCUT2D eigenvalue weighted by molar-refractivity contribution is 7.89. The molecule has 0 unspecified atom stereocenters. The van der Waals surface area contributed by atoms with Gasteiger partial charge in [0.1, 0.15) is 11.5 Å². The van der Waals surface area contributed by atoms with Crippen LogP contribution in [0.15, 0.2) is 18.6 Å². The topological polar surface area (TPSA) is 82.2 Å². The fourth-order valence-corrected chi connectivity index (χ4v) is 4.12. The van der Waals surface area contributed by atoms with Gasteiger partial charge in [-0.2, -0.15) is 0 Å². The molecule has 1 saturated heterocycles. The standard InChI is InChI=1S/C15H23N5O3S/c1-11-17-7-13(19(11)4)15-16-5-6-20(15)14-9-23-8-12(14)10-24(21,22)18(2)3/h5-7,12,14H,8-10H2,1-4H3/t12-,14-/m1/s1. The normalized spacial score (nSPS) is 21.7. The fraction of sp³-hybridized carbons (Fsp3) is 0.600. The molecule has 2 aromatic rings. The Morgan fingerprint density at radius 3 is 2.71 bits per heavy atom. The highest BCUT2D eigenvalue weighted by Crippen LogP contribution is 2.31. The van der Waals surface area contributed by atoms with Crippen LogP contribution < -0.4 is 0 Å². The van der Waals surface area contributed by atoms with E-state index in [1.54, 1.807) is 26.5 Å². The van der Waals surface area contributed by atoms with Crippen LogP contribution in [0.4, 0.5) is 0 Å². The molecule has 0 aliphatic carbocycles. The van der Waals surface area contributed by atoms with Crippen LogP contribution in [0.3, 0.4) is 0 Å². The third-order valence-corrected chi connectivity index (χ3v) is 6.58. The van der Waals surface area contributed by atoms with Crippen LogP contribution in [-0.2, 0) is 21.8 Å². The van der Waals surface area contributed by atoms with Crippen molar-refractivity contribution in [3.8, 4) is 11.5 Å². The summed E-state index contributed by atoms with van der Waals surface area (Å²) in [6.45, 7) is 2.84. The molecule has 0 bridgehead atoms. The highest BCUT2D eigenvalue weighted by Gasteiger charge is 2.35. The number of sulfonamides is 1. The molecule has 0 spiro atoms. The number of nitrogens with zero attached hydrogens (tertiary/aromatic N) is 5.